The van der Waals surface area contributed by atoms with Crippen LogP contribution >= 0.6 is 0 Å². The van der Waals surface area contributed by atoms with Gasteiger partial charge in [-0.1, -0.05) is 30.3 Å². The minimum absolute atomic E-state index is 0.0365. The molecule has 13 heavy (non-hydrogen) atoms. The topological polar surface area (TPSA) is 26.1 Å². The average Bonchev–Trinajstić information content (AvgIpc) is 2.04. The summed E-state index contributed by atoms with van der Waals surface area (Å²) in [6.45, 7) is -0.0365. The zero-order chi connectivity index (χ0) is 9.68. The zero-order valence-electron chi connectivity index (χ0n) is 6.86. The van der Waals surface area contributed by atoms with Crippen LogP contribution in [0, 0.1) is 5.21 Å². The largest absolute Gasteiger partial charge is 0.624 e. The lowest BCUT2D eigenvalue weighted by atomic mass is 10.2. The van der Waals surface area contributed by atoms with E-state index in [-0.39, 0.29) is 11.3 Å². The quantitative estimate of drug-likeness (QED) is 0.306. The number of benzene rings is 1. The van der Waals surface area contributed by atoms with Gasteiger partial charge in [-0.05, 0) is 0 Å². The molecule has 0 aliphatic carbocycles. The number of alkyl halides is 2. The number of hydroxylamine groups is 1. The SMILES string of the molecule is [O-]/[N+](=C\C(F)F)Cc1ccccc1. The van der Waals surface area contributed by atoms with Gasteiger partial charge >= 0.3 is 6.43 Å². The maximum Gasteiger partial charge on any atom is 0.314 e. The maximum atomic E-state index is 11.7. The van der Waals surface area contributed by atoms with Crippen molar-refractivity contribution in [3.05, 3.63) is 41.1 Å². The van der Waals surface area contributed by atoms with Gasteiger partial charge in [-0.2, -0.15) is 8.78 Å². The third-order valence-electron chi connectivity index (χ3n) is 1.46. The molecule has 0 amide bonds. The van der Waals surface area contributed by atoms with Crippen LogP contribution < -0.4 is 0 Å². The molecule has 1 aromatic carbocycles. The van der Waals surface area contributed by atoms with E-state index in [1.165, 1.54) is 0 Å². The van der Waals surface area contributed by atoms with Crippen LogP contribution in [0.3, 0.4) is 0 Å². The summed E-state index contributed by atoms with van der Waals surface area (Å²) in [5.41, 5.74) is 0.717. The Hall–Kier alpha value is -1.45. The highest BCUT2D eigenvalue weighted by Gasteiger charge is 2.03. The van der Waals surface area contributed by atoms with Gasteiger partial charge in [-0.25, -0.2) is 4.74 Å². The van der Waals surface area contributed by atoms with E-state index in [4.69, 9.17) is 0 Å². The average molecular weight is 185 g/mol. The Morgan fingerprint density at radius 3 is 2.46 bits per heavy atom. The monoisotopic (exact) mass is 185 g/mol. The molecule has 0 aliphatic rings. The molecule has 70 valence electrons. The Balaban J connectivity index is 2.60. The number of halogens is 2. The Morgan fingerprint density at radius 2 is 1.92 bits per heavy atom. The van der Waals surface area contributed by atoms with Crippen LogP contribution in [0.15, 0.2) is 30.3 Å². The first-order valence-electron chi connectivity index (χ1n) is 3.79. The van der Waals surface area contributed by atoms with Crippen molar-refractivity contribution in [2.24, 2.45) is 0 Å². The molecular formula is C9H9F2NO. The minimum atomic E-state index is -2.69. The normalized spacial score (nSPS) is 12.1. The summed E-state index contributed by atoms with van der Waals surface area (Å²) >= 11 is 0. The third-order valence-corrected chi connectivity index (χ3v) is 1.46. The van der Waals surface area contributed by atoms with Crippen LogP contribution in [0.5, 0.6) is 0 Å². The van der Waals surface area contributed by atoms with Crippen LogP contribution in [-0.2, 0) is 6.54 Å². The van der Waals surface area contributed by atoms with Gasteiger partial charge in [-0.15, -0.1) is 0 Å². The predicted octanol–water partition coefficient (Wildman–Crippen LogP) is 2.03. The Kier molecular flexibility index (Phi) is 3.37. The fraction of sp³-hybridized carbons (Fsp3) is 0.222. The van der Waals surface area contributed by atoms with Crippen LogP contribution in [0.1, 0.15) is 5.56 Å². The van der Waals surface area contributed by atoms with Crippen molar-refractivity contribution in [3.8, 4) is 0 Å². The zero-order valence-corrected chi connectivity index (χ0v) is 6.86. The highest BCUT2D eigenvalue weighted by atomic mass is 19.3. The highest BCUT2D eigenvalue weighted by Crippen LogP contribution is 1.99. The fourth-order valence-electron chi connectivity index (χ4n) is 0.942. The standard InChI is InChI=1S/C9H9F2NO/c10-9(11)7-12(13)6-8-4-2-1-3-5-8/h1-5,7,9H,6H2/b12-7-. The molecule has 0 heterocycles. The molecule has 0 radical (unpaired) electrons. The van der Waals surface area contributed by atoms with Crippen LogP contribution in [-0.4, -0.2) is 17.4 Å². The van der Waals surface area contributed by atoms with Gasteiger partial charge in [0.2, 0.25) is 6.21 Å². The number of nitrogens with zero attached hydrogens (tertiary/aromatic N) is 1. The summed E-state index contributed by atoms with van der Waals surface area (Å²) in [5, 5.41) is 10.8. The first kappa shape index (κ1) is 9.64. The molecule has 0 spiro atoms. The second-order valence-corrected chi connectivity index (χ2v) is 2.54. The summed E-state index contributed by atoms with van der Waals surface area (Å²) in [5.74, 6) is 0. The molecule has 0 saturated heterocycles. The molecule has 0 bridgehead atoms. The molecule has 0 aliphatic heterocycles. The first-order valence-corrected chi connectivity index (χ1v) is 3.79. The van der Waals surface area contributed by atoms with Gasteiger partial charge in [0.25, 0.3) is 0 Å². The molecule has 0 atom stereocenters. The number of hydrogen-bond acceptors (Lipinski definition) is 1. The van der Waals surface area contributed by atoms with Gasteiger partial charge in [0.1, 0.15) is 0 Å². The summed E-state index contributed by atoms with van der Waals surface area (Å²) in [6, 6.07) is 8.74. The lowest BCUT2D eigenvalue weighted by molar-refractivity contribution is -0.473. The molecule has 2 nitrogen and oxygen atoms in total. The molecule has 4 heteroatoms. The van der Waals surface area contributed by atoms with Crippen molar-refractivity contribution in [1.82, 2.24) is 0 Å². The van der Waals surface area contributed by atoms with E-state index < -0.39 is 6.43 Å². The molecular weight excluding hydrogens is 176 g/mol. The first-order chi connectivity index (χ1) is 6.18. The van der Waals surface area contributed by atoms with Crippen molar-refractivity contribution in [2.75, 3.05) is 0 Å². The molecule has 0 N–H and O–H groups in total. The van der Waals surface area contributed by atoms with Gasteiger partial charge in [0, 0.05) is 5.56 Å². The van der Waals surface area contributed by atoms with E-state index >= 15 is 0 Å². The van der Waals surface area contributed by atoms with E-state index in [2.05, 4.69) is 0 Å². The molecule has 1 rings (SSSR count). The number of hydrogen-bond donors (Lipinski definition) is 0. The lowest BCUT2D eigenvalue weighted by Gasteiger charge is -2.02. The summed E-state index contributed by atoms with van der Waals surface area (Å²) < 4.78 is 23.6. The van der Waals surface area contributed by atoms with Crippen molar-refractivity contribution in [1.29, 1.82) is 0 Å². The lowest BCUT2D eigenvalue weighted by Crippen LogP contribution is -2.09. The number of rotatable bonds is 3. The Bertz CT molecular complexity index is 285. The van der Waals surface area contributed by atoms with Gasteiger partial charge < -0.3 is 5.21 Å². The van der Waals surface area contributed by atoms with Crippen LogP contribution in [0.4, 0.5) is 8.78 Å². The van der Waals surface area contributed by atoms with E-state index in [9.17, 15) is 14.0 Å². The summed E-state index contributed by atoms with van der Waals surface area (Å²) in [6.07, 6.45) is -2.34. The van der Waals surface area contributed by atoms with E-state index in [0.29, 0.717) is 6.21 Å². The highest BCUT2D eigenvalue weighted by molar-refractivity contribution is 5.55. The van der Waals surface area contributed by atoms with Crippen molar-refractivity contribution >= 4 is 6.21 Å². The predicted molar refractivity (Wildman–Crippen MR) is 45.8 cm³/mol. The molecule has 1 aromatic rings. The fourth-order valence-corrected chi connectivity index (χ4v) is 0.942. The van der Waals surface area contributed by atoms with E-state index in [1.807, 2.05) is 0 Å². The molecule has 0 fully saturated rings. The third kappa shape index (κ3) is 3.64. The summed E-state index contributed by atoms with van der Waals surface area (Å²) in [7, 11) is 0. The van der Waals surface area contributed by atoms with Crippen molar-refractivity contribution < 1.29 is 13.5 Å². The summed E-state index contributed by atoms with van der Waals surface area (Å²) in [4.78, 5) is 0. The minimum Gasteiger partial charge on any atom is -0.624 e. The van der Waals surface area contributed by atoms with E-state index in [1.54, 1.807) is 30.3 Å². The van der Waals surface area contributed by atoms with Gasteiger partial charge in [0.15, 0.2) is 6.54 Å². The molecule has 0 unspecified atom stereocenters. The van der Waals surface area contributed by atoms with E-state index in [0.717, 1.165) is 5.56 Å². The van der Waals surface area contributed by atoms with Gasteiger partial charge in [-0.3, -0.25) is 0 Å². The van der Waals surface area contributed by atoms with Crippen molar-refractivity contribution in [2.45, 2.75) is 13.0 Å². The van der Waals surface area contributed by atoms with Crippen LogP contribution in [0.2, 0.25) is 0 Å². The second-order valence-electron chi connectivity index (χ2n) is 2.54. The smallest absolute Gasteiger partial charge is 0.314 e. The van der Waals surface area contributed by atoms with Crippen molar-refractivity contribution in [3.63, 3.8) is 0 Å². The Morgan fingerprint density at radius 1 is 1.31 bits per heavy atom. The molecule has 0 aromatic heterocycles. The second kappa shape index (κ2) is 4.54. The van der Waals surface area contributed by atoms with Crippen LogP contribution in [0.25, 0.3) is 0 Å². The molecule has 0 saturated carbocycles. The maximum absolute atomic E-state index is 11.7. The Labute approximate surface area is 74.7 Å². The van der Waals surface area contributed by atoms with Gasteiger partial charge in [0.05, 0.1) is 0 Å².